The lowest BCUT2D eigenvalue weighted by Crippen LogP contribution is -1.80. The van der Waals surface area contributed by atoms with Gasteiger partial charge in [-0.1, -0.05) is 43.4 Å². The minimum atomic E-state index is 0.529. The van der Waals surface area contributed by atoms with Crippen molar-refractivity contribution in [2.75, 3.05) is 0 Å². The molecule has 0 aliphatic heterocycles. The summed E-state index contributed by atoms with van der Waals surface area (Å²) in [7, 11) is 0. The van der Waals surface area contributed by atoms with Crippen molar-refractivity contribution in [2.24, 2.45) is 5.92 Å². The monoisotopic (exact) mass is 136 g/mol. The van der Waals surface area contributed by atoms with Crippen LogP contribution in [0.2, 0.25) is 0 Å². The van der Waals surface area contributed by atoms with Gasteiger partial charge >= 0.3 is 0 Å². The molecular formula is C10H16. The highest BCUT2D eigenvalue weighted by atomic mass is 13.9. The summed E-state index contributed by atoms with van der Waals surface area (Å²) in [6.07, 6.45) is 8.40. The molecule has 0 aromatic rings. The molecule has 0 rings (SSSR count). The van der Waals surface area contributed by atoms with Crippen LogP contribution in [0.4, 0.5) is 0 Å². The molecule has 0 aliphatic carbocycles. The maximum atomic E-state index is 3.78. The summed E-state index contributed by atoms with van der Waals surface area (Å²) in [6, 6.07) is 0. The van der Waals surface area contributed by atoms with Crippen molar-refractivity contribution in [3.63, 3.8) is 0 Å². The average Bonchev–Trinajstić information content (AvgIpc) is 1.85. The van der Waals surface area contributed by atoms with Crippen LogP contribution in [0.15, 0.2) is 36.5 Å². The lowest BCUT2D eigenvalue weighted by molar-refractivity contribution is 0.936. The highest BCUT2D eigenvalue weighted by Gasteiger charge is 1.85. The second kappa shape index (κ2) is 5.04. The van der Waals surface area contributed by atoms with E-state index in [4.69, 9.17) is 0 Å². The first-order valence-corrected chi connectivity index (χ1v) is 3.63. The second-order valence-electron chi connectivity index (χ2n) is 2.59. The Labute approximate surface area is 64.0 Å². The fraction of sp³-hybridized carbons (Fsp3) is 0.400. The summed E-state index contributed by atoms with van der Waals surface area (Å²) in [4.78, 5) is 0. The maximum absolute atomic E-state index is 3.78. The van der Waals surface area contributed by atoms with Crippen molar-refractivity contribution in [2.45, 2.75) is 20.8 Å². The summed E-state index contributed by atoms with van der Waals surface area (Å²) in [5.74, 6) is 0.529. The first-order chi connectivity index (χ1) is 4.66. The van der Waals surface area contributed by atoms with Gasteiger partial charge < -0.3 is 0 Å². The standard InChI is InChI=1S/C10H16/c1-5-6-10(4)8-7-9(2)3/h5-8,10H,2H2,1,3-4H3/b6-5?,8-7-. The molecule has 0 N–H and O–H groups in total. The van der Waals surface area contributed by atoms with E-state index in [1.165, 1.54) is 0 Å². The molecule has 56 valence electrons. The predicted octanol–water partition coefficient (Wildman–Crippen LogP) is 3.33. The average molecular weight is 136 g/mol. The number of rotatable bonds is 3. The molecule has 0 spiro atoms. The van der Waals surface area contributed by atoms with Crippen molar-refractivity contribution in [3.05, 3.63) is 36.5 Å². The van der Waals surface area contributed by atoms with Gasteiger partial charge in [-0.3, -0.25) is 0 Å². The Morgan fingerprint density at radius 3 is 2.40 bits per heavy atom. The third kappa shape index (κ3) is 5.36. The Kier molecular flexibility index (Phi) is 4.65. The van der Waals surface area contributed by atoms with Gasteiger partial charge in [0.2, 0.25) is 0 Å². The lowest BCUT2D eigenvalue weighted by atomic mass is 10.1. The van der Waals surface area contributed by atoms with Gasteiger partial charge in [0, 0.05) is 0 Å². The topological polar surface area (TPSA) is 0 Å². The Bertz CT molecular complexity index is 149. The molecule has 0 heteroatoms. The largest absolute Gasteiger partial charge is 0.0961 e. The summed E-state index contributed by atoms with van der Waals surface area (Å²) < 4.78 is 0. The molecule has 0 aliphatic rings. The number of hydrogen-bond acceptors (Lipinski definition) is 0. The van der Waals surface area contributed by atoms with Gasteiger partial charge in [-0.15, -0.1) is 0 Å². The number of allylic oxidation sites excluding steroid dienone is 5. The van der Waals surface area contributed by atoms with Gasteiger partial charge in [-0.05, 0) is 19.8 Å². The van der Waals surface area contributed by atoms with E-state index in [0.717, 1.165) is 5.57 Å². The first kappa shape index (κ1) is 9.22. The van der Waals surface area contributed by atoms with E-state index in [1.807, 2.05) is 19.9 Å². The third-order valence-electron chi connectivity index (χ3n) is 1.18. The van der Waals surface area contributed by atoms with Crippen LogP contribution in [0.5, 0.6) is 0 Å². The molecule has 0 bridgehead atoms. The van der Waals surface area contributed by atoms with Crippen LogP contribution < -0.4 is 0 Å². The molecule has 1 atom stereocenters. The lowest BCUT2D eigenvalue weighted by Gasteiger charge is -1.95. The van der Waals surface area contributed by atoms with E-state index in [9.17, 15) is 0 Å². The zero-order chi connectivity index (χ0) is 7.98. The van der Waals surface area contributed by atoms with Crippen molar-refractivity contribution < 1.29 is 0 Å². The molecule has 0 heterocycles. The fourth-order valence-electron chi connectivity index (χ4n) is 0.684. The smallest absolute Gasteiger partial charge is 0.00788 e. The van der Waals surface area contributed by atoms with Crippen molar-refractivity contribution in [3.8, 4) is 0 Å². The Hall–Kier alpha value is -0.780. The van der Waals surface area contributed by atoms with E-state index in [-0.39, 0.29) is 0 Å². The van der Waals surface area contributed by atoms with Crippen LogP contribution in [-0.4, -0.2) is 0 Å². The van der Waals surface area contributed by atoms with Gasteiger partial charge in [0.15, 0.2) is 0 Å². The fourth-order valence-corrected chi connectivity index (χ4v) is 0.684. The molecule has 1 unspecified atom stereocenters. The Balaban J connectivity index is 3.77. The van der Waals surface area contributed by atoms with Crippen molar-refractivity contribution in [1.82, 2.24) is 0 Å². The minimum Gasteiger partial charge on any atom is -0.0961 e. The molecule has 0 saturated carbocycles. The maximum Gasteiger partial charge on any atom is -0.00788 e. The second-order valence-corrected chi connectivity index (χ2v) is 2.59. The molecule has 0 amide bonds. The SMILES string of the molecule is C=C(C)/C=C\C(C)C=CC. The number of hydrogen-bond donors (Lipinski definition) is 0. The van der Waals surface area contributed by atoms with Crippen LogP contribution in [0.3, 0.4) is 0 Å². The van der Waals surface area contributed by atoms with Crippen molar-refractivity contribution >= 4 is 0 Å². The van der Waals surface area contributed by atoms with E-state index >= 15 is 0 Å². The predicted molar refractivity (Wildman–Crippen MR) is 47.9 cm³/mol. The quantitative estimate of drug-likeness (QED) is 0.412. The zero-order valence-electron chi connectivity index (χ0n) is 7.09. The van der Waals surface area contributed by atoms with Crippen LogP contribution >= 0.6 is 0 Å². The van der Waals surface area contributed by atoms with E-state index in [1.54, 1.807) is 0 Å². The summed E-state index contributed by atoms with van der Waals surface area (Å²) in [6.45, 7) is 9.96. The third-order valence-corrected chi connectivity index (χ3v) is 1.18. The molecule has 0 nitrogen and oxygen atoms in total. The van der Waals surface area contributed by atoms with Crippen LogP contribution in [0.1, 0.15) is 20.8 Å². The highest BCUT2D eigenvalue weighted by molar-refractivity contribution is 5.13. The zero-order valence-corrected chi connectivity index (χ0v) is 7.09. The highest BCUT2D eigenvalue weighted by Crippen LogP contribution is 2.01. The summed E-state index contributed by atoms with van der Waals surface area (Å²) in [5.41, 5.74) is 1.11. The molecular weight excluding hydrogens is 120 g/mol. The van der Waals surface area contributed by atoms with Gasteiger partial charge in [0.1, 0.15) is 0 Å². The normalized spacial score (nSPS) is 14.7. The molecule has 0 fully saturated rings. The van der Waals surface area contributed by atoms with Gasteiger partial charge in [-0.25, -0.2) is 0 Å². The summed E-state index contributed by atoms with van der Waals surface area (Å²) in [5, 5.41) is 0. The van der Waals surface area contributed by atoms with Crippen LogP contribution in [0.25, 0.3) is 0 Å². The van der Waals surface area contributed by atoms with Crippen LogP contribution in [-0.2, 0) is 0 Å². The molecule has 0 saturated heterocycles. The van der Waals surface area contributed by atoms with Crippen molar-refractivity contribution in [1.29, 1.82) is 0 Å². The molecule has 10 heavy (non-hydrogen) atoms. The first-order valence-electron chi connectivity index (χ1n) is 3.63. The van der Waals surface area contributed by atoms with E-state index in [0.29, 0.717) is 5.92 Å². The molecule has 0 radical (unpaired) electrons. The van der Waals surface area contributed by atoms with Gasteiger partial charge in [-0.2, -0.15) is 0 Å². The minimum absolute atomic E-state index is 0.529. The molecule has 0 aromatic heterocycles. The van der Waals surface area contributed by atoms with E-state index in [2.05, 4.69) is 31.7 Å². The van der Waals surface area contributed by atoms with Crippen LogP contribution in [0, 0.1) is 5.92 Å². The Morgan fingerprint density at radius 2 is 2.00 bits per heavy atom. The van der Waals surface area contributed by atoms with E-state index < -0.39 is 0 Å². The Morgan fingerprint density at radius 1 is 1.40 bits per heavy atom. The molecule has 0 aromatic carbocycles. The van der Waals surface area contributed by atoms with Gasteiger partial charge in [0.05, 0.1) is 0 Å². The van der Waals surface area contributed by atoms with Gasteiger partial charge in [0.25, 0.3) is 0 Å². The summed E-state index contributed by atoms with van der Waals surface area (Å²) >= 11 is 0.